The molecule has 3 nitrogen and oxygen atoms in total. The SMILES string of the molecule is CC.CCC.COC1CCC(N2CCOCC2)CC1. The molecule has 2 fully saturated rings. The first-order valence-electron chi connectivity index (χ1n) is 8.16. The molecular formula is C16H35NO2. The largest absolute Gasteiger partial charge is 0.381 e. The Kier molecular flexibility index (Phi) is 12.8. The van der Waals surface area contributed by atoms with Gasteiger partial charge in [-0.3, -0.25) is 4.90 Å². The van der Waals surface area contributed by atoms with Crippen molar-refractivity contribution < 1.29 is 9.47 Å². The van der Waals surface area contributed by atoms with E-state index in [4.69, 9.17) is 9.47 Å². The molecule has 3 heteroatoms. The first kappa shape index (κ1) is 18.9. The monoisotopic (exact) mass is 273 g/mol. The zero-order valence-electron chi connectivity index (χ0n) is 13.8. The van der Waals surface area contributed by atoms with E-state index >= 15 is 0 Å². The topological polar surface area (TPSA) is 21.7 Å². The van der Waals surface area contributed by atoms with Gasteiger partial charge in [0.05, 0.1) is 19.3 Å². The molecule has 0 aromatic rings. The summed E-state index contributed by atoms with van der Waals surface area (Å²) >= 11 is 0. The molecular weight excluding hydrogens is 238 g/mol. The minimum Gasteiger partial charge on any atom is -0.381 e. The van der Waals surface area contributed by atoms with Crippen LogP contribution in [0.25, 0.3) is 0 Å². The molecule has 0 spiro atoms. The lowest BCUT2D eigenvalue weighted by Crippen LogP contribution is -2.45. The zero-order chi connectivity index (χ0) is 14.5. The van der Waals surface area contributed by atoms with Crippen LogP contribution >= 0.6 is 0 Å². The lowest BCUT2D eigenvalue weighted by atomic mass is 9.91. The van der Waals surface area contributed by atoms with E-state index in [9.17, 15) is 0 Å². The highest BCUT2D eigenvalue weighted by Crippen LogP contribution is 2.25. The second-order valence-electron chi connectivity index (χ2n) is 5.02. The van der Waals surface area contributed by atoms with Gasteiger partial charge in [0.15, 0.2) is 0 Å². The van der Waals surface area contributed by atoms with E-state index in [1.807, 2.05) is 21.0 Å². The summed E-state index contributed by atoms with van der Waals surface area (Å²) in [4.78, 5) is 2.59. The van der Waals surface area contributed by atoms with Crippen LogP contribution in [0.2, 0.25) is 0 Å². The number of hydrogen-bond donors (Lipinski definition) is 0. The minimum absolute atomic E-state index is 0.521. The van der Waals surface area contributed by atoms with Gasteiger partial charge < -0.3 is 9.47 Å². The minimum atomic E-state index is 0.521. The van der Waals surface area contributed by atoms with E-state index in [0.717, 1.165) is 32.3 Å². The van der Waals surface area contributed by atoms with Gasteiger partial charge in [-0.05, 0) is 25.7 Å². The van der Waals surface area contributed by atoms with Crippen molar-refractivity contribution in [2.75, 3.05) is 33.4 Å². The predicted octanol–water partition coefficient (Wildman–Crippen LogP) is 3.72. The molecule has 0 N–H and O–H groups in total. The summed E-state index contributed by atoms with van der Waals surface area (Å²) in [6.07, 6.45) is 6.85. The highest BCUT2D eigenvalue weighted by Gasteiger charge is 2.26. The maximum atomic E-state index is 5.38. The third kappa shape index (κ3) is 7.91. The van der Waals surface area contributed by atoms with Crippen molar-refractivity contribution in [2.24, 2.45) is 0 Å². The second-order valence-corrected chi connectivity index (χ2v) is 5.02. The third-order valence-corrected chi connectivity index (χ3v) is 3.54. The van der Waals surface area contributed by atoms with Gasteiger partial charge >= 0.3 is 0 Å². The van der Waals surface area contributed by atoms with Crippen molar-refractivity contribution in [3.63, 3.8) is 0 Å². The highest BCUT2D eigenvalue weighted by atomic mass is 16.5. The molecule has 2 aliphatic rings. The van der Waals surface area contributed by atoms with E-state index in [2.05, 4.69) is 18.7 Å². The molecule has 0 unspecified atom stereocenters. The van der Waals surface area contributed by atoms with Crippen molar-refractivity contribution in [3.8, 4) is 0 Å². The fraction of sp³-hybridized carbons (Fsp3) is 1.00. The Morgan fingerprint density at radius 3 is 1.89 bits per heavy atom. The molecule has 0 radical (unpaired) electrons. The number of methoxy groups -OCH3 is 1. The van der Waals surface area contributed by atoms with Crippen molar-refractivity contribution in [3.05, 3.63) is 0 Å². The number of rotatable bonds is 2. The van der Waals surface area contributed by atoms with Crippen LogP contribution in [0, 0.1) is 0 Å². The predicted molar refractivity (Wildman–Crippen MR) is 82.8 cm³/mol. The fourth-order valence-electron chi connectivity index (χ4n) is 2.59. The van der Waals surface area contributed by atoms with Crippen LogP contribution < -0.4 is 0 Å². The molecule has 116 valence electrons. The van der Waals surface area contributed by atoms with Crippen LogP contribution in [-0.4, -0.2) is 50.5 Å². The van der Waals surface area contributed by atoms with E-state index in [0.29, 0.717) is 6.10 Å². The van der Waals surface area contributed by atoms with Crippen LogP contribution in [0.15, 0.2) is 0 Å². The molecule has 0 amide bonds. The van der Waals surface area contributed by atoms with Gasteiger partial charge in [-0.1, -0.05) is 34.1 Å². The first-order chi connectivity index (χ1) is 9.31. The van der Waals surface area contributed by atoms with Crippen molar-refractivity contribution >= 4 is 0 Å². The Morgan fingerprint density at radius 1 is 1.00 bits per heavy atom. The molecule has 1 saturated heterocycles. The molecule has 1 heterocycles. The maximum absolute atomic E-state index is 5.38. The van der Waals surface area contributed by atoms with Crippen molar-refractivity contribution in [2.45, 2.75) is 71.9 Å². The summed E-state index contributed by atoms with van der Waals surface area (Å²) in [5.41, 5.74) is 0. The standard InChI is InChI=1S/C11H21NO2.C3H8.C2H6/c1-13-11-4-2-10(3-5-11)12-6-8-14-9-7-12;1-3-2;1-2/h10-11H,2-9H2,1H3;3H2,1-2H3;1-2H3. The van der Waals surface area contributed by atoms with Crippen LogP contribution in [0.5, 0.6) is 0 Å². The molecule has 1 aliphatic carbocycles. The average Bonchev–Trinajstić information content (AvgIpc) is 2.51. The van der Waals surface area contributed by atoms with Crippen LogP contribution in [0.3, 0.4) is 0 Å². The Hall–Kier alpha value is -0.120. The smallest absolute Gasteiger partial charge is 0.0594 e. The van der Waals surface area contributed by atoms with E-state index in [1.54, 1.807) is 0 Å². The first-order valence-corrected chi connectivity index (χ1v) is 8.16. The lowest BCUT2D eigenvalue weighted by molar-refractivity contribution is -0.0110. The average molecular weight is 273 g/mol. The molecule has 0 bridgehead atoms. The summed E-state index contributed by atoms with van der Waals surface area (Å²) in [6.45, 7) is 12.3. The number of hydrogen-bond acceptors (Lipinski definition) is 3. The van der Waals surface area contributed by atoms with Crippen molar-refractivity contribution in [1.29, 1.82) is 0 Å². The molecule has 1 aliphatic heterocycles. The summed E-state index contributed by atoms with van der Waals surface area (Å²) in [5.74, 6) is 0. The highest BCUT2D eigenvalue weighted by molar-refractivity contribution is 4.80. The van der Waals surface area contributed by atoms with E-state index in [-0.39, 0.29) is 0 Å². The Bertz CT molecular complexity index is 174. The number of nitrogens with zero attached hydrogens (tertiary/aromatic N) is 1. The molecule has 0 aromatic heterocycles. The van der Waals surface area contributed by atoms with Crippen molar-refractivity contribution in [1.82, 2.24) is 4.90 Å². The summed E-state index contributed by atoms with van der Waals surface area (Å²) in [7, 11) is 1.83. The zero-order valence-corrected chi connectivity index (χ0v) is 13.8. The molecule has 19 heavy (non-hydrogen) atoms. The van der Waals surface area contributed by atoms with E-state index in [1.165, 1.54) is 32.1 Å². The van der Waals surface area contributed by atoms with Gasteiger partial charge in [0, 0.05) is 26.2 Å². The normalized spacial score (nSPS) is 27.6. The van der Waals surface area contributed by atoms with Gasteiger partial charge in [0.1, 0.15) is 0 Å². The molecule has 2 rings (SSSR count). The van der Waals surface area contributed by atoms with Gasteiger partial charge in [-0.2, -0.15) is 0 Å². The van der Waals surface area contributed by atoms with Gasteiger partial charge in [-0.15, -0.1) is 0 Å². The molecule has 1 saturated carbocycles. The Balaban J connectivity index is 0.000000573. The van der Waals surface area contributed by atoms with Crippen LogP contribution in [-0.2, 0) is 9.47 Å². The van der Waals surface area contributed by atoms with E-state index < -0.39 is 0 Å². The number of ether oxygens (including phenoxy) is 2. The second kappa shape index (κ2) is 12.9. The molecule has 0 aromatic carbocycles. The summed E-state index contributed by atoms with van der Waals surface area (Å²) in [6, 6.07) is 0.797. The lowest BCUT2D eigenvalue weighted by Gasteiger charge is -2.38. The summed E-state index contributed by atoms with van der Waals surface area (Å²) < 4.78 is 10.8. The Labute approximate surface area is 120 Å². The fourth-order valence-corrected chi connectivity index (χ4v) is 2.59. The van der Waals surface area contributed by atoms with Gasteiger partial charge in [0.2, 0.25) is 0 Å². The Morgan fingerprint density at radius 2 is 1.47 bits per heavy atom. The van der Waals surface area contributed by atoms with Gasteiger partial charge in [-0.25, -0.2) is 0 Å². The van der Waals surface area contributed by atoms with Crippen LogP contribution in [0.4, 0.5) is 0 Å². The van der Waals surface area contributed by atoms with Crippen LogP contribution in [0.1, 0.15) is 59.8 Å². The molecule has 0 atom stereocenters. The van der Waals surface area contributed by atoms with Gasteiger partial charge in [0.25, 0.3) is 0 Å². The maximum Gasteiger partial charge on any atom is 0.0594 e. The third-order valence-electron chi connectivity index (χ3n) is 3.54. The summed E-state index contributed by atoms with van der Waals surface area (Å²) in [5, 5.41) is 0. The number of morpholine rings is 1. The quantitative estimate of drug-likeness (QED) is 0.765.